The summed E-state index contributed by atoms with van der Waals surface area (Å²) in [4.78, 5) is 32.2. The zero-order chi connectivity index (χ0) is 31.8. The molecule has 0 amide bonds. The van der Waals surface area contributed by atoms with Crippen molar-refractivity contribution in [3.63, 3.8) is 0 Å². The number of carbonyl (C=O) groups is 1. The number of hydrogen-bond donors (Lipinski definition) is 0. The SMILES string of the molecule is O=C(OCC(F)(F)C(F)(F)C(F)(F)C(F)(F)C(F)(F)C(F)F)Oc1c(C2CCCCC2)cc([N+](=O)[O-])cc1[N+](=O)[O-]. The van der Waals surface area contributed by atoms with Crippen molar-refractivity contribution in [2.75, 3.05) is 6.61 Å². The molecule has 1 aromatic rings. The smallest absolute Gasteiger partial charge is 0.427 e. The number of carbonyl (C=O) groups excluding carboxylic acids is 1. The first-order valence-electron chi connectivity index (χ1n) is 11.0. The van der Waals surface area contributed by atoms with E-state index in [-0.39, 0.29) is 24.5 Å². The summed E-state index contributed by atoms with van der Waals surface area (Å²) >= 11 is 0. The zero-order valence-corrected chi connectivity index (χ0v) is 19.8. The van der Waals surface area contributed by atoms with E-state index in [1.807, 2.05) is 0 Å². The van der Waals surface area contributed by atoms with Crippen LogP contribution < -0.4 is 4.74 Å². The monoisotopic (exact) mass is 624 g/mol. The van der Waals surface area contributed by atoms with Gasteiger partial charge in [0.2, 0.25) is 5.75 Å². The summed E-state index contributed by atoms with van der Waals surface area (Å²) in [5, 5.41) is 22.7. The summed E-state index contributed by atoms with van der Waals surface area (Å²) in [7, 11) is 0. The molecule has 1 saturated carbocycles. The summed E-state index contributed by atoms with van der Waals surface area (Å²) < 4.78 is 167. The number of rotatable bonds is 11. The van der Waals surface area contributed by atoms with Crippen LogP contribution in [0.2, 0.25) is 0 Å². The lowest BCUT2D eigenvalue weighted by atomic mass is 9.83. The van der Waals surface area contributed by atoms with E-state index in [0.717, 1.165) is 6.07 Å². The summed E-state index contributed by atoms with van der Waals surface area (Å²) in [5.41, 5.74) is -2.58. The summed E-state index contributed by atoms with van der Waals surface area (Å²) in [6, 6.07) is 0.990. The van der Waals surface area contributed by atoms with Crippen LogP contribution in [0.1, 0.15) is 43.6 Å². The number of ether oxygens (including phenoxy) is 2. The Balaban J connectivity index is 2.39. The quantitative estimate of drug-likeness (QED) is 0.0821. The van der Waals surface area contributed by atoms with Crippen LogP contribution in [0.15, 0.2) is 12.1 Å². The molecule has 1 aromatic carbocycles. The molecule has 2 rings (SSSR count). The number of halogens is 12. The van der Waals surface area contributed by atoms with Crippen molar-refractivity contribution in [3.8, 4) is 5.75 Å². The van der Waals surface area contributed by atoms with Gasteiger partial charge in [0.05, 0.1) is 15.9 Å². The number of nitrogens with zero attached hydrogens (tertiary/aromatic N) is 2. The molecule has 1 fully saturated rings. The molecule has 0 aliphatic heterocycles. The van der Waals surface area contributed by atoms with Crippen LogP contribution in [0.4, 0.5) is 68.9 Å². The van der Waals surface area contributed by atoms with Gasteiger partial charge in [-0.2, -0.15) is 43.9 Å². The van der Waals surface area contributed by atoms with Crippen LogP contribution >= 0.6 is 0 Å². The van der Waals surface area contributed by atoms with E-state index in [9.17, 15) is 77.7 Å². The topological polar surface area (TPSA) is 122 Å². The number of nitro groups is 2. The molecule has 0 spiro atoms. The minimum atomic E-state index is -7.86. The molecule has 1 aliphatic rings. The summed E-state index contributed by atoms with van der Waals surface area (Å²) in [6.07, 6.45) is -6.19. The average Bonchev–Trinajstić information content (AvgIpc) is 2.87. The Labute approximate surface area is 219 Å². The fraction of sp³-hybridized carbons (Fsp3) is 0.650. The van der Waals surface area contributed by atoms with Gasteiger partial charge in [-0.3, -0.25) is 20.2 Å². The first-order chi connectivity index (χ1) is 18.5. The van der Waals surface area contributed by atoms with Crippen molar-refractivity contribution in [2.45, 2.75) is 74.1 Å². The Kier molecular flexibility index (Phi) is 9.34. The maximum absolute atomic E-state index is 13.9. The third kappa shape index (κ3) is 6.07. The van der Waals surface area contributed by atoms with E-state index < -0.39 is 81.7 Å². The van der Waals surface area contributed by atoms with Gasteiger partial charge in [-0.1, -0.05) is 19.3 Å². The largest absolute Gasteiger partial charge is 0.514 e. The molecule has 21 heteroatoms. The Bertz CT molecular complexity index is 1170. The Morgan fingerprint density at radius 1 is 0.854 bits per heavy atom. The highest BCUT2D eigenvalue weighted by atomic mass is 19.4. The minimum Gasteiger partial charge on any atom is -0.427 e. The van der Waals surface area contributed by atoms with Gasteiger partial charge in [0.25, 0.3) is 5.69 Å². The van der Waals surface area contributed by atoms with Gasteiger partial charge in [0.15, 0.2) is 6.61 Å². The van der Waals surface area contributed by atoms with Crippen molar-refractivity contribution >= 4 is 17.5 Å². The lowest BCUT2D eigenvalue weighted by molar-refractivity contribution is -0.414. The van der Waals surface area contributed by atoms with Crippen molar-refractivity contribution in [2.24, 2.45) is 0 Å². The molecule has 0 aromatic heterocycles. The van der Waals surface area contributed by atoms with Gasteiger partial charge in [-0.15, -0.1) is 0 Å². The van der Waals surface area contributed by atoms with Gasteiger partial charge in [0.1, 0.15) is 0 Å². The fourth-order valence-electron chi connectivity index (χ4n) is 3.82. The number of benzene rings is 1. The maximum atomic E-state index is 13.9. The highest BCUT2D eigenvalue weighted by molar-refractivity contribution is 5.70. The van der Waals surface area contributed by atoms with E-state index in [1.54, 1.807) is 0 Å². The second kappa shape index (κ2) is 11.4. The molecule has 41 heavy (non-hydrogen) atoms. The van der Waals surface area contributed by atoms with Crippen LogP contribution in [-0.2, 0) is 4.74 Å². The highest BCUT2D eigenvalue weighted by Gasteiger charge is 2.88. The molecule has 0 unspecified atom stereocenters. The van der Waals surface area contributed by atoms with E-state index in [1.165, 1.54) is 0 Å². The minimum absolute atomic E-state index is 0.223. The van der Waals surface area contributed by atoms with Gasteiger partial charge >= 0.3 is 47.9 Å². The molecule has 1 aliphatic carbocycles. The normalized spacial score (nSPS) is 16.0. The van der Waals surface area contributed by atoms with Gasteiger partial charge in [0, 0.05) is 11.6 Å². The van der Waals surface area contributed by atoms with Crippen molar-refractivity contribution in [3.05, 3.63) is 37.9 Å². The molecular weight excluding hydrogens is 608 g/mol. The second-order valence-corrected chi connectivity index (χ2v) is 8.72. The van der Waals surface area contributed by atoms with E-state index >= 15 is 0 Å². The van der Waals surface area contributed by atoms with E-state index in [4.69, 9.17) is 0 Å². The van der Waals surface area contributed by atoms with Crippen LogP contribution in [-0.4, -0.2) is 58.6 Å². The molecule has 0 saturated heterocycles. The van der Waals surface area contributed by atoms with Crippen LogP contribution in [0.3, 0.4) is 0 Å². The summed E-state index contributed by atoms with van der Waals surface area (Å²) in [6.45, 7) is -3.30. The zero-order valence-electron chi connectivity index (χ0n) is 19.8. The van der Waals surface area contributed by atoms with Crippen LogP contribution in [0.25, 0.3) is 0 Å². The lowest BCUT2D eigenvalue weighted by Gasteiger charge is -2.38. The number of non-ortho nitro benzene ring substituents is 1. The third-order valence-electron chi connectivity index (χ3n) is 6.03. The Morgan fingerprint density at radius 2 is 1.39 bits per heavy atom. The van der Waals surface area contributed by atoms with E-state index in [2.05, 4.69) is 9.47 Å². The van der Waals surface area contributed by atoms with Crippen LogP contribution in [0, 0.1) is 20.2 Å². The van der Waals surface area contributed by atoms with Crippen molar-refractivity contribution in [1.82, 2.24) is 0 Å². The molecule has 0 radical (unpaired) electrons. The molecule has 9 nitrogen and oxygen atoms in total. The fourth-order valence-corrected chi connectivity index (χ4v) is 3.82. The molecular formula is C20H16F12N2O7. The molecule has 0 bridgehead atoms. The molecule has 232 valence electrons. The van der Waals surface area contributed by atoms with Gasteiger partial charge in [-0.05, 0) is 18.8 Å². The highest BCUT2D eigenvalue weighted by Crippen LogP contribution is 2.58. The Morgan fingerprint density at radius 3 is 1.85 bits per heavy atom. The standard InChI is InChI=1S/C20H16F12N2O7/c21-14(22)17(25,26)19(29,30)20(31,32)18(27,28)16(23,24)8-40-15(35)41-13-11(9-4-2-1-3-5-9)6-10(33(36)37)7-12(13)34(38)39/h6-7,9,14H,1-5,8H2. The van der Waals surface area contributed by atoms with Gasteiger partial charge in [-0.25, -0.2) is 13.6 Å². The first kappa shape index (κ1) is 33.7. The van der Waals surface area contributed by atoms with Crippen molar-refractivity contribution in [1.29, 1.82) is 0 Å². The predicted octanol–water partition coefficient (Wildman–Crippen LogP) is 7.51. The molecule has 0 atom stereocenters. The predicted molar refractivity (Wildman–Crippen MR) is 108 cm³/mol. The first-order valence-corrected chi connectivity index (χ1v) is 11.0. The maximum Gasteiger partial charge on any atom is 0.514 e. The Hall–Kier alpha value is -3.55. The number of hydrogen-bond acceptors (Lipinski definition) is 7. The van der Waals surface area contributed by atoms with Crippen LogP contribution in [0.5, 0.6) is 5.75 Å². The average molecular weight is 624 g/mol. The lowest BCUT2D eigenvalue weighted by Crippen LogP contribution is -2.69. The summed E-state index contributed by atoms with van der Waals surface area (Å²) in [5.74, 6) is -38.9. The number of alkyl halides is 12. The van der Waals surface area contributed by atoms with E-state index in [0.29, 0.717) is 19.3 Å². The molecule has 0 N–H and O–H groups in total. The van der Waals surface area contributed by atoms with Gasteiger partial charge < -0.3 is 9.47 Å². The third-order valence-corrected chi connectivity index (χ3v) is 6.03. The number of nitro benzene ring substituents is 2. The molecule has 0 heterocycles. The second-order valence-electron chi connectivity index (χ2n) is 8.72. The van der Waals surface area contributed by atoms with Crippen molar-refractivity contribution < 1.29 is 76.8 Å².